The summed E-state index contributed by atoms with van der Waals surface area (Å²) in [5.74, 6) is 3.70. The zero-order valence-corrected chi connectivity index (χ0v) is 16.5. The topological polar surface area (TPSA) is 103 Å². The van der Waals surface area contributed by atoms with E-state index >= 15 is 0 Å². The molecular weight excluding hydrogens is 370 g/mol. The lowest BCUT2D eigenvalue weighted by atomic mass is 9.96. The van der Waals surface area contributed by atoms with Gasteiger partial charge in [-0.15, -0.1) is 15.3 Å². The largest absolute Gasteiger partial charge is 0.338 e. The minimum absolute atomic E-state index is 0.276. The second-order valence-electron chi connectivity index (χ2n) is 7.72. The van der Waals surface area contributed by atoms with Gasteiger partial charge in [0, 0.05) is 24.2 Å². The molecular formula is C19H23N9O. The SMILES string of the molecule is CC(C)c1noc(CN2CCC(c3nnc4ccc(-n5cccn5)nn34)CC2)n1. The first-order chi connectivity index (χ1) is 14.2. The van der Waals surface area contributed by atoms with Crippen molar-refractivity contribution in [1.82, 2.24) is 44.6 Å². The van der Waals surface area contributed by atoms with Gasteiger partial charge in [0.2, 0.25) is 5.89 Å². The Bertz CT molecular complexity index is 1090. The molecule has 1 fully saturated rings. The number of hydrogen-bond donors (Lipinski definition) is 0. The molecule has 0 radical (unpaired) electrons. The van der Waals surface area contributed by atoms with Gasteiger partial charge in [-0.25, -0.2) is 4.68 Å². The number of likely N-dealkylation sites (tertiary alicyclic amines) is 1. The summed E-state index contributed by atoms with van der Waals surface area (Å²) in [4.78, 5) is 6.83. The van der Waals surface area contributed by atoms with Crippen molar-refractivity contribution in [2.24, 2.45) is 0 Å². The van der Waals surface area contributed by atoms with Gasteiger partial charge in [0.15, 0.2) is 23.1 Å². The molecule has 0 saturated carbocycles. The van der Waals surface area contributed by atoms with Crippen LogP contribution in [0.1, 0.15) is 56.1 Å². The molecule has 10 heteroatoms. The quantitative estimate of drug-likeness (QED) is 0.508. The van der Waals surface area contributed by atoms with Gasteiger partial charge in [-0.3, -0.25) is 4.90 Å². The molecule has 0 amide bonds. The van der Waals surface area contributed by atoms with Crippen molar-refractivity contribution in [3.05, 3.63) is 48.1 Å². The lowest BCUT2D eigenvalue weighted by Gasteiger charge is -2.29. The molecule has 0 unspecified atom stereocenters. The molecule has 0 aromatic carbocycles. The van der Waals surface area contributed by atoms with Crippen LogP contribution in [-0.4, -0.2) is 57.7 Å². The molecule has 5 rings (SSSR count). The van der Waals surface area contributed by atoms with E-state index in [0.29, 0.717) is 18.4 Å². The van der Waals surface area contributed by atoms with E-state index in [1.165, 1.54) is 0 Å². The van der Waals surface area contributed by atoms with E-state index in [1.54, 1.807) is 10.9 Å². The van der Waals surface area contributed by atoms with Gasteiger partial charge in [0.05, 0.1) is 6.54 Å². The standard InChI is InChI=1S/C19H23N9O/c1-13(2)18-21-17(29-25-18)12-26-10-6-14(7-11-26)19-23-22-15-4-5-16(24-28(15)19)27-9-3-8-20-27/h3-5,8-9,13-14H,6-7,10-12H2,1-2H3. The summed E-state index contributed by atoms with van der Waals surface area (Å²) < 4.78 is 8.98. The predicted molar refractivity (Wildman–Crippen MR) is 104 cm³/mol. The number of piperidine rings is 1. The maximum Gasteiger partial charge on any atom is 0.240 e. The maximum atomic E-state index is 5.39. The third kappa shape index (κ3) is 3.51. The van der Waals surface area contributed by atoms with Crippen LogP contribution in [0.5, 0.6) is 0 Å². The average molecular weight is 393 g/mol. The second-order valence-corrected chi connectivity index (χ2v) is 7.72. The predicted octanol–water partition coefficient (Wildman–Crippen LogP) is 2.20. The highest BCUT2D eigenvalue weighted by atomic mass is 16.5. The number of fused-ring (bicyclic) bond motifs is 1. The van der Waals surface area contributed by atoms with Crippen molar-refractivity contribution in [2.45, 2.75) is 45.1 Å². The molecule has 0 N–H and O–H groups in total. The first-order valence-electron chi connectivity index (χ1n) is 9.94. The van der Waals surface area contributed by atoms with Crippen LogP contribution in [0.25, 0.3) is 11.5 Å². The first-order valence-corrected chi connectivity index (χ1v) is 9.94. The van der Waals surface area contributed by atoms with Crippen molar-refractivity contribution < 1.29 is 4.52 Å². The molecule has 5 heterocycles. The summed E-state index contributed by atoms with van der Waals surface area (Å²) in [7, 11) is 0. The monoisotopic (exact) mass is 393 g/mol. The van der Waals surface area contributed by atoms with Crippen molar-refractivity contribution in [1.29, 1.82) is 0 Å². The van der Waals surface area contributed by atoms with E-state index in [-0.39, 0.29) is 5.92 Å². The molecule has 4 aromatic rings. The zero-order chi connectivity index (χ0) is 19.8. The van der Waals surface area contributed by atoms with Crippen LogP contribution in [0.4, 0.5) is 0 Å². The van der Waals surface area contributed by atoms with Crippen LogP contribution in [0.15, 0.2) is 35.1 Å². The Balaban J connectivity index is 1.29. The Morgan fingerprint density at radius 2 is 2.03 bits per heavy atom. The number of nitrogens with zero attached hydrogens (tertiary/aromatic N) is 9. The molecule has 0 aliphatic carbocycles. The number of rotatable bonds is 5. The molecule has 29 heavy (non-hydrogen) atoms. The van der Waals surface area contributed by atoms with E-state index in [1.807, 2.05) is 28.9 Å². The van der Waals surface area contributed by atoms with Gasteiger partial charge in [-0.05, 0) is 44.1 Å². The van der Waals surface area contributed by atoms with Crippen LogP contribution < -0.4 is 0 Å². The highest BCUT2D eigenvalue weighted by Crippen LogP contribution is 2.27. The fraction of sp³-hybridized carbons (Fsp3) is 0.474. The molecule has 1 aliphatic rings. The molecule has 150 valence electrons. The van der Waals surface area contributed by atoms with Crippen molar-refractivity contribution in [3.8, 4) is 5.82 Å². The van der Waals surface area contributed by atoms with Gasteiger partial charge in [0.1, 0.15) is 0 Å². The van der Waals surface area contributed by atoms with E-state index < -0.39 is 0 Å². The van der Waals surface area contributed by atoms with E-state index in [0.717, 1.165) is 49.0 Å². The van der Waals surface area contributed by atoms with Gasteiger partial charge >= 0.3 is 0 Å². The number of hydrogen-bond acceptors (Lipinski definition) is 8. The smallest absolute Gasteiger partial charge is 0.240 e. The Morgan fingerprint density at radius 3 is 2.76 bits per heavy atom. The Labute approximate surface area is 167 Å². The van der Waals surface area contributed by atoms with Crippen molar-refractivity contribution >= 4 is 5.65 Å². The van der Waals surface area contributed by atoms with Gasteiger partial charge in [-0.2, -0.15) is 14.6 Å². The molecule has 0 atom stereocenters. The van der Waals surface area contributed by atoms with Crippen molar-refractivity contribution in [3.63, 3.8) is 0 Å². The Morgan fingerprint density at radius 1 is 1.17 bits per heavy atom. The Kier molecular flexibility index (Phi) is 4.55. The average Bonchev–Trinajstić information content (AvgIpc) is 3.49. The van der Waals surface area contributed by atoms with Crippen LogP contribution in [0.2, 0.25) is 0 Å². The van der Waals surface area contributed by atoms with Gasteiger partial charge in [-0.1, -0.05) is 19.0 Å². The fourth-order valence-corrected chi connectivity index (χ4v) is 3.68. The third-order valence-electron chi connectivity index (χ3n) is 5.32. The minimum atomic E-state index is 0.276. The summed E-state index contributed by atoms with van der Waals surface area (Å²) in [5.41, 5.74) is 0.755. The lowest BCUT2D eigenvalue weighted by Crippen LogP contribution is -2.33. The van der Waals surface area contributed by atoms with Crippen molar-refractivity contribution in [2.75, 3.05) is 13.1 Å². The van der Waals surface area contributed by atoms with Crippen LogP contribution in [0, 0.1) is 0 Å². The summed E-state index contributed by atoms with van der Waals surface area (Å²) in [6.07, 6.45) is 5.58. The highest BCUT2D eigenvalue weighted by Gasteiger charge is 2.26. The van der Waals surface area contributed by atoms with Crippen LogP contribution in [-0.2, 0) is 6.54 Å². The molecule has 0 bridgehead atoms. The Hall–Kier alpha value is -3.14. The summed E-state index contributed by atoms with van der Waals surface area (Å²) in [6.45, 7) is 6.70. The van der Waals surface area contributed by atoms with Gasteiger partial charge in [0.25, 0.3) is 0 Å². The van der Waals surface area contributed by atoms with Gasteiger partial charge < -0.3 is 4.52 Å². The zero-order valence-electron chi connectivity index (χ0n) is 16.5. The molecule has 4 aromatic heterocycles. The third-order valence-corrected chi connectivity index (χ3v) is 5.32. The first kappa shape index (κ1) is 17.9. The normalized spacial score (nSPS) is 16.2. The van der Waals surface area contributed by atoms with E-state index in [9.17, 15) is 0 Å². The van der Waals surface area contributed by atoms with Crippen LogP contribution >= 0.6 is 0 Å². The van der Waals surface area contributed by atoms with Crippen LogP contribution in [0.3, 0.4) is 0 Å². The fourth-order valence-electron chi connectivity index (χ4n) is 3.68. The maximum absolute atomic E-state index is 5.39. The highest BCUT2D eigenvalue weighted by molar-refractivity contribution is 5.39. The van der Waals surface area contributed by atoms with E-state index in [2.05, 4.69) is 44.2 Å². The molecule has 0 spiro atoms. The number of aromatic nitrogens is 8. The minimum Gasteiger partial charge on any atom is -0.338 e. The molecule has 1 aliphatic heterocycles. The molecule has 1 saturated heterocycles. The van der Waals surface area contributed by atoms with E-state index in [4.69, 9.17) is 9.62 Å². The second kappa shape index (κ2) is 7.36. The summed E-state index contributed by atoms with van der Waals surface area (Å²) in [5, 5.41) is 21.7. The lowest BCUT2D eigenvalue weighted by molar-refractivity contribution is 0.178. The molecule has 10 nitrogen and oxygen atoms in total. The summed E-state index contributed by atoms with van der Waals surface area (Å²) in [6, 6.07) is 5.71. The summed E-state index contributed by atoms with van der Waals surface area (Å²) >= 11 is 0.